The van der Waals surface area contributed by atoms with E-state index >= 15 is 0 Å². The van der Waals surface area contributed by atoms with Crippen LogP contribution < -0.4 is 26.8 Å². The van der Waals surface area contributed by atoms with Gasteiger partial charge in [0.05, 0.1) is 0 Å². The molecule has 0 unspecified atom stereocenters. The second kappa shape index (κ2) is 12.4. The minimum absolute atomic E-state index is 0.248. The van der Waals surface area contributed by atoms with Gasteiger partial charge in [-0.25, -0.2) is 14.2 Å². The summed E-state index contributed by atoms with van der Waals surface area (Å²) in [5.74, 6) is 0.0670. The predicted octanol–water partition coefficient (Wildman–Crippen LogP) is 3.19. The zero-order valence-electron chi connectivity index (χ0n) is 18.6. The summed E-state index contributed by atoms with van der Waals surface area (Å²) in [4.78, 5) is 38.4. The Labute approximate surface area is 195 Å². The Bertz CT molecular complexity index is 1120. The number of primary amides is 1. The molecular formula is C23H25FN6O4. The first-order valence-electron chi connectivity index (χ1n) is 9.94. The van der Waals surface area contributed by atoms with Crippen molar-refractivity contribution in [3.63, 3.8) is 0 Å². The summed E-state index contributed by atoms with van der Waals surface area (Å²) in [5, 5.41) is 5.05. The number of amides is 4. The van der Waals surface area contributed by atoms with Crippen LogP contribution >= 0.6 is 0 Å². The first-order valence-corrected chi connectivity index (χ1v) is 9.94. The molecule has 1 heterocycles. The molecule has 0 saturated heterocycles. The minimum atomic E-state index is -0.704. The monoisotopic (exact) mass is 468 g/mol. The van der Waals surface area contributed by atoms with E-state index in [1.807, 2.05) is 0 Å². The number of pyridine rings is 1. The van der Waals surface area contributed by atoms with E-state index in [-0.39, 0.29) is 12.5 Å². The number of nitrogens with one attached hydrogen (secondary N) is 2. The van der Waals surface area contributed by atoms with E-state index in [0.717, 1.165) is 0 Å². The standard InChI is InChI=1S/C14H16N4O2.C9H9FN2O2/c1-18(2)14(19)17-13-9-12(7-8-16-13)20-11-5-3-10(15)4-6-11;10-6-1-3-7(4-2-6)12-9(14)5-8(11)13/h3-9H,15H2,1-2H3,(H,16,17,19);1-4H,5H2,(H2,11,13)(H,12,14). The van der Waals surface area contributed by atoms with Gasteiger partial charge in [-0.15, -0.1) is 0 Å². The molecule has 0 fully saturated rings. The van der Waals surface area contributed by atoms with Gasteiger partial charge in [-0.3, -0.25) is 14.9 Å². The molecule has 0 saturated carbocycles. The minimum Gasteiger partial charge on any atom is -0.457 e. The molecule has 0 radical (unpaired) electrons. The van der Waals surface area contributed by atoms with Crippen LogP contribution in [0.25, 0.3) is 0 Å². The summed E-state index contributed by atoms with van der Waals surface area (Å²) in [7, 11) is 3.31. The van der Waals surface area contributed by atoms with E-state index in [2.05, 4.69) is 15.6 Å². The SMILES string of the molecule is CN(C)C(=O)Nc1cc(Oc2ccc(N)cc2)ccn1.NC(=O)CC(=O)Nc1ccc(F)cc1. The van der Waals surface area contributed by atoms with Crippen LogP contribution in [0.5, 0.6) is 11.5 Å². The smallest absolute Gasteiger partial charge is 0.322 e. The van der Waals surface area contributed by atoms with Crippen molar-refractivity contribution < 1.29 is 23.5 Å². The molecule has 11 heteroatoms. The molecule has 0 aliphatic heterocycles. The third-order valence-electron chi connectivity index (χ3n) is 3.95. The van der Waals surface area contributed by atoms with Crippen molar-refractivity contribution >= 4 is 35.0 Å². The molecule has 34 heavy (non-hydrogen) atoms. The lowest BCUT2D eigenvalue weighted by molar-refractivity contribution is -0.124. The van der Waals surface area contributed by atoms with Gasteiger partial charge >= 0.3 is 6.03 Å². The number of rotatable bonds is 6. The normalized spacial score (nSPS) is 9.74. The molecule has 0 spiro atoms. The summed E-state index contributed by atoms with van der Waals surface area (Å²) in [5.41, 5.74) is 11.5. The Morgan fingerprint density at radius 1 is 0.971 bits per heavy atom. The Kier molecular flexibility index (Phi) is 9.32. The Hall–Kier alpha value is -4.67. The second-order valence-electron chi connectivity index (χ2n) is 7.07. The highest BCUT2D eigenvalue weighted by Gasteiger charge is 2.07. The highest BCUT2D eigenvalue weighted by Crippen LogP contribution is 2.23. The van der Waals surface area contributed by atoms with Crippen molar-refractivity contribution in [1.29, 1.82) is 0 Å². The number of carbonyl (C=O) groups is 3. The maximum Gasteiger partial charge on any atom is 0.322 e. The van der Waals surface area contributed by atoms with Gasteiger partial charge in [0.1, 0.15) is 29.6 Å². The highest BCUT2D eigenvalue weighted by atomic mass is 19.1. The summed E-state index contributed by atoms with van der Waals surface area (Å²) in [6.45, 7) is 0. The van der Waals surface area contributed by atoms with Crippen LogP contribution in [0.15, 0.2) is 66.9 Å². The largest absolute Gasteiger partial charge is 0.457 e. The van der Waals surface area contributed by atoms with Gasteiger partial charge in [-0.2, -0.15) is 0 Å². The topological polar surface area (TPSA) is 153 Å². The number of ether oxygens (including phenoxy) is 1. The van der Waals surface area contributed by atoms with Crippen molar-refractivity contribution in [2.24, 2.45) is 5.73 Å². The zero-order chi connectivity index (χ0) is 25.1. The van der Waals surface area contributed by atoms with Gasteiger partial charge in [0.2, 0.25) is 11.8 Å². The van der Waals surface area contributed by atoms with Crippen molar-refractivity contribution in [3.8, 4) is 11.5 Å². The molecule has 0 atom stereocenters. The number of nitrogens with zero attached hydrogens (tertiary/aromatic N) is 2. The number of carbonyl (C=O) groups excluding carboxylic acids is 3. The average molecular weight is 468 g/mol. The lowest BCUT2D eigenvalue weighted by Gasteiger charge is -2.12. The van der Waals surface area contributed by atoms with E-state index in [9.17, 15) is 18.8 Å². The Morgan fingerprint density at radius 2 is 1.62 bits per heavy atom. The third-order valence-corrected chi connectivity index (χ3v) is 3.95. The first kappa shape index (κ1) is 25.6. The van der Waals surface area contributed by atoms with Gasteiger partial charge < -0.3 is 26.4 Å². The predicted molar refractivity (Wildman–Crippen MR) is 127 cm³/mol. The molecule has 0 aliphatic rings. The van der Waals surface area contributed by atoms with E-state index < -0.39 is 17.6 Å². The fraction of sp³-hybridized carbons (Fsp3) is 0.130. The molecule has 178 valence electrons. The van der Waals surface area contributed by atoms with E-state index in [4.69, 9.17) is 16.2 Å². The molecule has 0 aliphatic carbocycles. The fourth-order valence-electron chi connectivity index (χ4n) is 2.33. The van der Waals surface area contributed by atoms with Gasteiger partial charge in [0.25, 0.3) is 0 Å². The van der Waals surface area contributed by atoms with Crippen LogP contribution in [-0.2, 0) is 9.59 Å². The fourth-order valence-corrected chi connectivity index (χ4v) is 2.33. The zero-order valence-corrected chi connectivity index (χ0v) is 18.6. The van der Waals surface area contributed by atoms with Crippen molar-refractivity contribution in [2.45, 2.75) is 6.42 Å². The molecule has 2 aromatic carbocycles. The number of hydrogen-bond donors (Lipinski definition) is 4. The van der Waals surface area contributed by atoms with Crippen molar-refractivity contribution in [2.75, 3.05) is 30.5 Å². The molecule has 1 aromatic heterocycles. The quantitative estimate of drug-likeness (QED) is 0.322. The molecule has 6 N–H and O–H groups in total. The lowest BCUT2D eigenvalue weighted by atomic mass is 10.3. The molecule has 3 rings (SSSR count). The number of aromatic nitrogens is 1. The number of anilines is 3. The molecule has 3 aromatic rings. The van der Waals surface area contributed by atoms with Crippen LogP contribution in [0.1, 0.15) is 6.42 Å². The van der Waals surface area contributed by atoms with Crippen molar-refractivity contribution in [3.05, 3.63) is 72.7 Å². The molecule has 0 bridgehead atoms. The second-order valence-corrected chi connectivity index (χ2v) is 7.07. The van der Waals surface area contributed by atoms with Crippen LogP contribution in [-0.4, -0.2) is 41.8 Å². The Balaban J connectivity index is 0.000000257. The summed E-state index contributed by atoms with van der Waals surface area (Å²) in [6, 6.07) is 15.4. The van der Waals surface area contributed by atoms with Crippen LogP contribution in [0.4, 0.5) is 26.4 Å². The summed E-state index contributed by atoms with van der Waals surface area (Å²) < 4.78 is 18.1. The lowest BCUT2D eigenvalue weighted by Crippen LogP contribution is -2.27. The molecular weight excluding hydrogens is 443 g/mol. The molecule has 10 nitrogen and oxygen atoms in total. The first-order chi connectivity index (χ1) is 16.1. The van der Waals surface area contributed by atoms with Crippen LogP contribution in [0.3, 0.4) is 0 Å². The third kappa shape index (κ3) is 9.22. The number of nitrogens with two attached hydrogens (primary N) is 2. The number of benzene rings is 2. The average Bonchev–Trinajstić information content (AvgIpc) is 2.77. The van der Waals surface area contributed by atoms with Crippen molar-refractivity contribution in [1.82, 2.24) is 9.88 Å². The van der Waals surface area contributed by atoms with E-state index in [1.165, 1.54) is 29.2 Å². The number of urea groups is 1. The van der Waals surface area contributed by atoms with Crippen LogP contribution in [0, 0.1) is 5.82 Å². The van der Waals surface area contributed by atoms with Crippen LogP contribution in [0.2, 0.25) is 0 Å². The van der Waals surface area contributed by atoms with Gasteiger partial charge in [-0.05, 0) is 54.6 Å². The van der Waals surface area contributed by atoms with Gasteiger partial charge in [-0.1, -0.05) is 0 Å². The number of nitrogen functional groups attached to an aromatic ring is 1. The summed E-state index contributed by atoms with van der Waals surface area (Å²) in [6.07, 6.45) is 1.19. The highest BCUT2D eigenvalue weighted by molar-refractivity contribution is 6.03. The molecule has 4 amide bonds. The van der Waals surface area contributed by atoms with Gasteiger partial charge in [0.15, 0.2) is 0 Å². The number of hydrogen-bond acceptors (Lipinski definition) is 6. The number of halogens is 1. The maximum atomic E-state index is 12.4. The van der Waals surface area contributed by atoms with Gasteiger partial charge in [0, 0.05) is 37.7 Å². The Morgan fingerprint density at radius 3 is 2.21 bits per heavy atom. The maximum absolute atomic E-state index is 12.4. The summed E-state index contributed by atoms with van der Waals surface area (Å²) >= 11 is 0. The van der Waals surface area contributed by atoms with E-state index in [1.54, 1.807) is 56.7 Å². The van der Waals surface area contributed by atoms with E-state index in [0.29, 0.717) is 28.7 Å².